The lowest BCUT2D eigenvalue weighted by Gasteiger charge is -2.37. The first-order valence-corrected chi connectivity index (χ1v) is 13.1. The van der Waals surface area contributed by atoms with Crippen LogP contribution in [0.1, 0.15) is 34.9 Å². The molecule has 1 saturated carbocycles. The number of carbonyl (C=O) groups is 2. The molecule has 0 saturated heterocycles. The van der Waals surface area contributed by atoms with E-state index in [9.17, 15) is 9.59 Å². The van der Waals surface area contributed by atoms with Crippen LogP contribution in [0, 0.1) is 6.92 Å². The van der Waals surface area contributed by atoms with Gasteiger partial charge in [0.25, 0.3) is 0 Å². The lowest BCUT2D eigenvalue weighted by Crippen LogP contribution is -2.49. The molecule has 3 aromatic rings. The molecule has 1 aliphatic carbocycles. The van der Waals surface area contributed by atoms with E-state index in [2.05, 4.69) is 16.8 Å². The van der Waals surface area contributed by atoms with Crippen molar-refractivity contribution in [3.05, 3.63) is 81.0 Å². The van der Waals surface area contributed by atoms with Crippen molar-refractivity contribution in [2.75, 3.05) is 25.0 Å². The van der Waals surface area contributed by atoms with Gasteiger partial charge >= 0.3 is 6.03 Å². The summed E-state index contributed by atoms with van der Waals surface area (Å²) in [5.74, 6) is 0.652. The van der Waals surface area contributed by atoms with Crippen molar-refractivity contribution in [1.82, 2.24) is 9.80 Å². The fraction of sp³-hybridized carbons (Fsp3) is 0.333. The lowest BCUT2D eigenvalue weighted by atomic mass is 10.0. The molecule has 3 amide bonds. The molecule has 1 fully saturated rings. The van der Waals surface area contributed by atoms with E-state index in [1.165, 1.54) is 4.88 Å². The van der Waals surface area contributed by atoms with E-state index >= 15 is 0 Å². The summed E-state index contributed by atoms with van der Waals surface area (Å²) in [6.45, 7) is 3.01. The monoisotopic (exact) mass is 509 g/mol. The number of hydrogen-bond donors (Lipinski definition) is 1. The summed E-state index contributed by atoms with van der Waals surface area (Å²) in [6, 6.07) is 16.7. The summed E-state index contributed by atoms with van der Waals surface area (Å²) in [5.41, 5.74) is 2.99. The smallest absolute Gasteiger partial charge is 0.322 e. The topological polar surface area (TPSA) is 61.9 Å². The minimum atomic E-state index is -0.230. The number of benzene rings is 2. The number of amides is 3. The average Bonchev–Trinajstić information content (AvgIpc) is 3.58. The number of carbonyl (C=O) groups excluding carboxylic acids is 2. The van der Waals surface area contributed by atoms with Crippen molar-refractivity contribution >= 4 is 40.6 Å². The van der Waals surface area contributed by atoms with Crippen LogP contribution in [-0.2, 0) is 11.2 Å². The Kier molecular flexibility index (Phi) is 6.97. The Labute approximate surface area is 214 Å². The quantitative estimate of drug-likeness (QED) is 0.430. The van der Waals surface area contributed by atoms with Crippen molar-refractivity contribution in [3.63, 3.8) is 0 Å². The van der Waals surface area contributed by atoms with Crippen molar-refractivity contribution in [2.24, 2.45) is 0 Å². The third kappa shape index (κ3) is 5.63. The maximum atomic E-state index is 13.6. The van der Waals surface area contributed by atoms with Gasteiger partial charge in [-0.25, -0.2) is 4.79 Å². The highest BCUT2D eigenvalue weighted by Crippen LogP contribution is 2.35. The Bertz CT molecular complexity index is 1190. The molecule has 5 rings (SSSR count). The van der Waals surface area contributed by atoms with Gasteiger partial charge in [-0.05, 0) is 79.6 Å². The standard InChI is InChI=1S/C27H28ClN3O3S/c1-18-2-6-20(7-3-18)29-27(33)31(21-8-9-21)16-26(32)30-14-12-25-23(13-15-35-25)24(30)17-34-22-10-4-19(28)5-11-22/h2-7,10-11,13,15,21,24H,8-9,12,14,16-17H2,1H3,(H,29,33)/t24-/m0/s1. The second-order valence-corrected chi connectivity index (χ2v) is 10.5. The largest absolute Gasteiger partial charge is 0.491 e. The predicted octanol–water partition coefficient (Wildman–Crippen LogP) is 5.91. The first kappa shape index (κ1) is 23.7. The van der Waals surface area contributed by atoms with Crippen molar-refractivity contribution in [1.29, 1.82) is 0 Å². The number of ether oxygens (including phenoxy) is 1. The van der Waals surface area contributed by atoms with E-state index in [4.69, 9.17) is 16.3 Å². The lowest BCUT2D eigenvalue weighted by molar-refractivity contribution is -0.135. The van der Waals surface area contributed by atoms with Gasteiger partial charge in [0, 0.05) is 28.2 Å². The molecule has 1 aromatic heterocycles. The summed E-state index contributed by atoms with van der Waals surface area (Å²) in [6.07, 6.45) is 2.66. The van der Waals surface area contributed by atoms with Crippen LogP contribution in [0.15, 0.2) is 60.0 Å². The zero-order valence-corrected chi connectivity index (χ0v) is 21.1. The molecule has 6 nitrogen and oxygen atoms in total. The number of nitrogens with zero attached hydrogens (tertiary/aromatic N) is 2. The number of hydrogen-bond acceptors (Lipinski definition) is 4. The van der Waals surface area contributed by atoms with Crippen molar-refractivity contribution in [2.45, 2.75) is 38.3 Å². The van der Waals surface area contributed by atoms with E-state index in [0.29, 0.717) is 23.9 Å². The highest BCUT2D eigenvalue weighted by atomic mass is 35.5. The normalized spacial score (nSPS) is 17.0. The van der Waals surface area contributed by atoms with Gasteiger partial charge in [-0.3, -0.25) is 4.79 Å². The Morgan fingerprint density at radius 2 is 1.86 bits per heavy atom. The molecule has 2 heterocycles. The summed E-state index contributed by atoms with van der Waals surface area (Å²) in [7, 11) is 0. The average molecular weight is 510 g/mol. The fourth-order valence-electron chi connectivity index (χ4n) is 4.40. The number of aryl methyl sites for hydroxylation is 1. The van der Waals surface area contributed by atoms with Crippen LogP contribution in [0.4, 0.5) is 10.5 Å². The minimum absolute atomic E-state index is 0.0548. The maximum Gasteiger partial charge on any atom is 0.322 e. The van der Waals surface area contributed by atoms with Crippen LogP contribution in [0.5, 0.6) is 5.75 Å². The van der Waals surface area contributed by atoms with Crippen molar-refractivity contribution < 1.29 is 14.3 Å². The molecule has 2 aromatic carbocycles. The number of urea groups is 1. The second-order valence-electron chi connectivity index (χ2n) is 9.07. The molecule has 1 aliphatic heterocycles. The number of nitrogens with one attached hydrogen (secondary N) is 1. The van der Waals surface area contributed by atoms with E-state index in [0.717, 1.165) is 36.1 Å². The summed E-state index contributed by atoms with van der Waals surface area (Å²) in [4.78, 5) is 31.5. The van der Waals surface area contributed by atoms with Gasteiger partial charge in [-0.2, -0.15) is 0 Å². The molecule has 1 N–H and O–H groups in total. The Morgan fingerprint density at radius 3 is 2.57 bits per heavy atom. The molecular weight excluding hydrogens is 482 g/mol. The van der Waals surface area contributed by atoms with E-state index < -0.39 is 0 Å². The van der Waals surface area contributed by atoms with Crippen LogP contribution in [0.2, 0.25) is 5.02 Å². The third-order valence-electron chi connectivity index (χ3n) is 6.49. The molecular formula is C27H28ClN3O3S. The second kappa shape index (κ2) is 10.3. The van der Waals surface area contributed by atoms with Crippen LogP contribution < -0.4 is 10.1 Å². The van der Waals surface area contributed by atoms with Crippen LogP contribution in [-0.4, -0.2) is 47.5 Å². The number of halogens is 1. The first-order chi connectivity index (χ1) is 17.0. The van der Waals surface area contributed by atoms with Gasteiger partial charge in [0.05, 0.1) is 6.04 Å². The predicted molar refractivity (Wildman–Crippen MR) is 139 cm³/mol. The Morgan fingerprint density at radius 1 is 1.11 bits per heavy atom. The third-order valence-corrected chi connectivity index (χ3v) is 7.74. The highest BCUT2D eigenvalue weighted by molar-refractivity contribution is 7.10. The Balaban J connectivity index is 1.29. The van der Waals surface area contributed by atoms with Crippen LogP contribution >= 0.6 is 22.9 Å². The Hall–Kier alpha value is -3.03. The molecule has 8 heteroatoms. The fourth-order valence-corrected chi connectivity index (χ4v) is 5.46. The molecule has 182 valence electrons. The molecule has 0 bridgehead atoms. The maximum absolute atomic E-state index is 13.6. The number of rotatable bonds is 7. The SMILES string of the molecule is Cc1ccc(NC(=O)N(CC(=O)N2CCc3sccc3[C@@H]2COc2ccc(Cl)cc2)C2CC2)cc1. The molecule has 0 unspecified atom stereocenters. The van der Waals surface area contributed by atoms with E-state index in [1.54, 1.807) is 28.4 Å². The molecule has 0 spiro atoms. The summed E-state index contributed by atoms with van der Waals surface area (Å²) in [5, 5.41) is 5.67. The zero-order valence-electron chi connectivity index (χ0n) is 19.6. The van der Waals surface area contributed by atoms with E-state index in [-0.39, 0.29) is 30.6 Å². The minimum Gasteiger partial charge on any atom is -0.491 e. The van der Waals surface area contributed by atoms with Gasteiger partial charge in [0.15, 0.2) is 0 Å². The van der Waals surface area contributed by atoms with Crippen LogP contribution in [0.3, 0.4) is 0 Å². The highest BCUT2D eigenvalue weighted by Gasteiger charge is 2.38. The first-order valence-electron chi connectivity index (χ1n) is 11.9. The number of thiophene rings is 1. The van der Waals surface area contributed by atoms with Crippen LogP contribution in [0.25, 0.3) is 0 Å². The molecule has 1 atom stereocenters. The number of fused-ring (bicyclic) bond motifs is 1. The van der Waals surface area contributed by atoms with Gasteiger partial charge in [0.1, 0.15) is 18.9 Å². The van der Waals surface area contributed by atoms with Gasteiger partial charge in [-0.1, -0.05) is 29.3 Å². The van der Waals surface area contributed by atoms with Crippen molar-refractivity contribution in [3.8, 4) is 5.75 Å². The summed E-state index contributed by atoms with van der Waals surface area (Å²) >= 11 is 7.71. The zero-order chi connectivity index (χ0) is 24.4. The van der Waals surface area contributed by atoms with E-state index in [1.807, 2.05) is 48.2 Å². The van der Waals surface area contributed by atoms with Gasteiger partial charge in [-0.15, -0.1) is 11.3 Å². The molecule has 0 radical (unpaired) electrons. The van der Waals surface area contributed by atoms with Gasteiger partial charge < -0.3 is 19.9 Å². The van der Waals surface area contributed by atoms with Gasteiger partial charge in [0.2, 0.25) is 5.91 Å². The molecule has 35 heavy (non-hydrogen) atoms. The molecule has 2 aliphatic rings. The summed E-state index contributed by atoms with van der Waals surface area (Å²) < 4.78 is 6.07. The number of anilines is 1.